The third-order valence-electron chi connectivity index (χ3n) is 4.33. The van der Waals surface area contributed by atoms with Crippen molar-refractivity contribution in [2.75, 3.05) is 6.61 Å². The van der Waals surface area contributed by atoms with Crippen LogP contribution in [0.15, 0.2) is 78.9 Å². The molecular formula is C25H26N2O4. The number of ether oxygens (including phenoxy) is 2. The molecule has 0 saturated heterocycles. The fourth-order valence-electron chi connectivity index (χ4n) is 2.69. The van der Waals surface area contributed by atoms with Crippen LogP contribution in [0.5, 0.6) is 11.5 Å². The summed E-state index contributed by atoms with van der Waals surface area (Å²) in [6.07, 6.45) is 0. The van der Waals surface area contributed by atoms with Gasteiger partial charge in [-0.1, -0.05) is 50.2 Å². The molecule has 6 nitrogen and oxygen atoms in total. The van der Waals surface area contributed by atoms with Crippen molar-refractivity contribution >= 4 is 11.8 Å². The van der Waals surface area contributed by atoms with Gasteiger partial charge in [0.1, 0.15) is 18.1 Å². The summed E-state index contributed by atoms with van der Waals surface area (Å²) in [4.78, 5) is 24.7. The molecule has 0 unspecified atom stereocenters. The molecule has 6 heteroatoms. The Morgan fingerprint density at radius 2 is 1.42 bits per heavy atom. The first-order valence-electron chi connectivity index (χ1n) is 10.1. The van der Waals surface area contributed by atoms with Gasteiger partial charge in [-0.25, -0.2) is 0 Å². The van der Waals surface area contributed by atoms with Crippen molar-refractivity contribution in [3.63, 3.8) is 0 Å². The number of nitrogens with one attached hydrogen (secondary N) is 2. The van der Waals surface area contributed by atoms with Gasteiger partial charge in [0.2, 0.25) is 0 Å². The molecule has 3 aromatic carbocycles. The molecule has 0 radical (unpaired) electrons. The SMILES string of the molecule is CC(C)COc1cccc(C(=O)NNC(=O)c2ccc(OCc3ccccc3)cc2)c1. The second-order valence-corrected chi connectivity index (χ2v) is 7.44. The maximum atomic E-state index is 12.3. The van der Waals surface area contributed by atoms with Crippen molar-refractivity contribution in [1.82, 2.24) is 10.9 Å². The molecule has 0 spiro atoms. The van der Waals surface area contributed by atoms with Gasteiger partial charge in [-0.3, -0.25) is 20.4 Å². The molecule has 2 N–H and O–H groups in total. The Morgan fingerprint density at radius 3 is 2.10 bits per heavy atom. The Labute approximate surface area is 182 Å². The molecule has 0 atom stereocenters. The van der Waals surface area contributed by atoms with E-state index in [0.29, 0.717) is 41.8 Å². The van der Waals surface area contributed by atoms with E-state index in [1.54, 1.807) is 48.5 Å². The summed E-state index contributed by atoms with van der Waals surface area (Å²) in [6.45, 7) is 5.11. The minimum absolute atomic E-state index is 0.381. The maximum absolute atomic E-state index is 12.3. The molecule has 31 heavy (non-hydrogen) atoms. The minimum Gasteiger partial charge on any atom is -0.493 e. The standard InChI is InChI=1S/C25H26N2O4/c1-18(2)16-30-23-10-6-9-21(15-23)25(29)27-26-24(28)20-11-13-22(14-12-20)31-17-19-7-4-3-5-8-19/h3-15,18H,16-17H2,1-2H3,(H,26,28)(H,27,29). The van der Waals surface area contributed by atoms with Crippen LogP contribution in [0.25, 0.3) is 0 Å². The fraction of sp³-hybridized carbons (Fsp3) is 0.200. The van der Waals surface area contributed by atoms with E-state index in [0.717, 1.165) is 5.56 Å². The first kappa shape index (κ1) is 21.9. The monoisotopic (exact) mass is 418 g/mol. The van der Waals surface area contributed by atoms with E-state index in [2.05, 4.69) is 10.9 Å². The van der Waals surface area contributed by atoms with Crippen LogP contribution in [0.3, 0.4) is 0 Å². The topological polar surface area (TPSA) is 76.7 Å². The molecule has 2 amide bonds. The highest BCUT2D eigenvalue weighted by Crippen LogP contribution is 2.15. The molecule has 0 aromatic heterocycles. The van der Waals surface area contributed by atoms with Gasteiger partial charge >= 0.3 is 0 Å². The number of benzene rings is 3. The second-order valence-electron chi connectivity index (χ2n) is 7.44. The summed E-state index contributed by atoms with van der Waals surface area (Å²) in [7, 11) is 0. The van der Waals surface area contributed by atoms with Crippen LogP contribution >= 0.6 is 0 Å². The summed E-state index contributed by atoms with van der Waals surface area (Å²) in [6, 6.07) is 23.4. The Bertz CT molecular complexity index is 1000. The zero-order valence-electron chi connectivity index (χ0n) is 17.6. The van der Waals surface area contributed by atoms with Gasteiger partial charge in [0.15, 0.2) is 0 Å². The molecule has 0 saturated carbocycles. The Balaban J connectivity index is 1.50. The molecule has 3 aromatic rings. The Morgan fingerprint density at radius 1 is 0.742 bits per heavy atom. The number of hydrogen-bond donors (Lipinski definition) is 2. The Kier molecular flexibility index (Phi) is 7.65. The largest absolute Gasteiger partial charge is 0.493 e. The predicted molar refractivity (Wildman–Crippen MR) is 119 cm³/mol. The van der Waals surface area contributed by atoms with Gasteiger partial charge in [-0.15, -0.1) is 0 Å². The molecule has 0 bridgehead atoms. The van der Waals surface area contributed by atoms with Crippen LogP contribution in [-0.2, 0) is 6.61 Å². The molecule has 160 valence electrons. The van der Waals surface area contributed by atoms with Crippen LogP contribution in [0, 0.1) is 5.92 Å². The molecular weight excluding hydrogens is 392 g/mol. The van der Waals surface area contributed by atoms with E-state index in [-0.39, 0.29) is 0 Å². The molecule has 0 aliphatic carbocycles. The number of hydrogen-bond acceptors (Lipinski definition) is 4. The summed E-state index contributed by atoms with van der Waals surface area (Å²) >= 11 is 0. The quantitative estimate of drug-likeness (QED) is 0.533. The molecule has 3 rings (SSSR count). The normalized spacial score (nSPS) is 10.4. The van der Waals surface area contributed by atoms with E-state index in [1.165, 1.54) is 0 Å². The van der Waals surface area contributed by atoms with E-state index >= 15 is 0 Å². The summed E-state index contributed by atoms with van der Waals surface area (Å²) in [5, 5.41) is 0. The van der Waals surface area contributed by atoms with Gasteiger partial charge < -0.3 is 9.47 Å². The lowest BCUT2D eigenvalue weighted by atomic mass is 10.2. The van der Waals surface area contributed by atoms with Crippen LogP contribution in [0.4, 0.5) is 0 Å². The van der Waals surface area contributed by atoms with E-state index in [4.69, 9.17) is 9.47 Å². The second kappa shape index (κ2) is 10.8. The fourth-order valence-corrected chi connectivity index (χ4v) is 2.69. The smallest absolute Gasteiger partial charge is 0.269 e. The number of rotatable bonds is 8. The van der Waals surface area contributed by atoms with Gasteiger partial charge in [0.25, 0.3) is 11.8 Å². The van der Waals surface area contributed by atoms with Crippen molar-refractivity contribution in [2.45, 2.75) is 20.5 Å². The van der Waals surface area contributed by atoms with Crippen molar-refractivity contribution in [2.24, 2.45) is 5.92 Å². The summed E-state index contributed by atoms with van der Waals surface area (Å²) in [5.74, 6) is 0.801. The summed E-state index contributed by atoms with van der Waals surface area (Å²) in [5.41, 5.74) is 6.71. The van der Waals surface area contributed by atoms with Crippen LogP contribution in [0.2, 0.25) is 0 Å². The van der Waals surface area contributed by atoms with Gasteiger partial charge in [-0.2, -0.15) is 0 Å². The molecule has 0 fully saturated rings. The lowest BCUT2D eigenvalue weighted by molar-refractivity contribution is 0.0846. The first-order chi connectivity index (χ1) is 15.0. The summed E-state index contributed by atoms with van der Waals surface area (Å²) < 4.78 is 11.3. The average Bonchev–Trinajstić information content (AvgIpc) is 2.81. The molecule has 0 heterocycles. The van der Waals surface area contributed by atoms with Crippen molar-refractivity contribution < 1.29 is 19.1 Å². The van der Waals surface area contributed by atoms with Crippen molar-refractivity contribution in [3.8, 4) is 11.5 Å². The Hall–Kier alpha value is -3.80. The average molecular weight is 418 g/mol. The van der Waals surface area contributed by atoms with E-state index in [9.17, 15) is 9.59 Å². The highest BCUT2D eigenvalue weighted by Gasteiger charge is 2.10. The lowest BCUT2D eigenvalue weighted by Crippen LogP contribution is -2.41. The maximum Gasteiger partial charge on any atom is 0.269 e. The van der Waals surface area contributed by atoms with Crippen LogP contribution in [-0.4, -0.2) is 18.4 Å². The number of hydrazine groups is 1. The zero-order valence-corrected chi connectivity index (χ0v) is 17.6. The van der Waals surface area contributed by atoms with Gasteiger partial charge in [0, 0.05) is 11.1 Å². The number of carbonyl (C=O) groups is 2. The van der Waals surface area contributed by atoms with Crippen LogP contribution in [0.1, 0.15) is 40.1 Å². The minimum atomic E-state index is -0.425. The predicted octanol–water partition coefficient (Wildman–Crippen LogP) is 4.38. The van der Waals surface area contributed by atoms with Crippen LogP contribution < -0.4 is 20.3 Å². The highest BCUT2D eigenvalue weighted by molar-refractivity contribution is 5.99. The van der Waals surface area contributed by atoms with Crippen molar-refractivity contribution in [3.05, 3.63) is 95.6 Å². The van der Waals surface area contributed by atoms with E-state index < -0.39 is 11.8 Å². The zero-order chi connectivity index (χ0) is 22.1. The van der Waals surface area contributed by atoms with Gasteiger partial charge in [-0.05, 0) is 53.9 Å². The van der Waals surface area contributed by atoms with E-state index in [1.807, 2.05) is 44.2 Å². The molecule has 0 aliphatic rings. The number of carbonyl (C=O) groups excluding carboxylic acids is 2. The van der Waals surface area contributed by atoms with Crippen molar-refractivity contribution in [1.29, 1.82) is 0 Å². The van der Waals surface area contributed by atoms with Gasteiger partial charge in [0.05, 0.1) is 6.61 Å². The highest BCUT2D eigenvalue weighted by atomic mass is 16.5. The lowest BCUT2D eigenvalue weighted by Gasteiger charge is -2.11. The number of amides is 2. The third kappa shape index (κ3) is 6.89. The first-order valence-corrected chi connectivity index (χ1v) is 10.1. The third-order valence-corrected chi connectivity index (χ3v) is 4.33. The molecule has 0 aliphatic heterocycles.